The number of carbonyl (C=O) groups is 1. The lowest BCUT2D eigenvalue weighted by molar-refractivity contribution is -0.146. The predicted molar refractivity (Wildman–Crippen MR) is 46.5 cm³/mol. The molecule has 0 heterocycles. The van der Waals surface area contributed by atoms with Gasteiger partial charge in [-0.15, -0.1) is 0 Å². The van der Waals surface area contributed by atoms with Crippen LogP contribution in [0.1, 0.15) is 32.1 Å². The topological polar surface area (TPSA) is 66.8 Å². The number of carboxylic acids is 1. The predicted octanol–water partition coefficient (Wildman–Crippen LogP) is 0.783. The van der Waals surface area contributed by atoms with Crippen molar-refractivity contribution in [1.29, 1.82) is 0 Å². The summed E-state index contributed by atoms with van der Waals surface area (Å²) in [5.41, 5.74) is -0.770. The van der Waals surface area contributed by atoms with E-state index in [0.29, 0.717) is 0 Å². The maximum absolute atomic E-state index is 10.1. The van der Waals surface area contributed by atoms with Gasteiger partial charge in [0, 0.05) is 0 Å². The largest absolute Gasteiger partial charge is 0.480 e. The van der Waals surface area contributed by atoms with Crippen LogP contribution in [0.25, 0.3) is 0 Å². The number of hydrogen-bond acceptors (Lipinski definition) is 3. The highest BCUT2D eigenvalue weighted by molar-refractivity contribution is 5.67. The zero-order chi connectivity index (χ0) is 9.73. The van der Waals surface area contributed by atoms with Crippen molar-refractivity contribution < 1.29 is 19.7 Å². The molecule has 76 valence electrons. The van der Waals surface area contributed by atoms with Crippen molar-refractivity contribution >= 4 is 5.97 Å². The molecular weight excluding hydrogens is 172 g/mol. The molecule has 1 saturated carbocycles. The minimum Gasteiger partial charge on any atom is -0.480 e. The number of rotatable bonds is 4. The molecule has 1 rings (SSSR count). The molecule has 1 aliphatic carbocycles. The van der Waals surface area contributed by atoms with Gasteiger partial charge in [-0.05, 0) is 12.8 Å². The van der Waals surface area contributed by atoms with E-state index in [4.69, 9.17) is 9.84 Å². The van der Waals surface area contributed by atoms with Crippen molar-refractivity contribution in [1.82, 2.24) is 0 Å². The van der Waals surface area contributed by atoms with Gasteiger partial charge in [-0.25, -0.2) is 4.79 Å². The van der Waals surface area contributed by atoms with Gasteiger partial charge in [0.25, 0.3) is 0 Å². The molecule has 0 aromatic heterocycles. The molecule has 13 heavy (non-hydrogen) atoms. The first-order chi connectivity index (χ1) is 6.12. The van der Waals surface area contributed by atoms with Gasteiger partial charge in [-0.1, -0.05) is 19.3 Å². The van der Waals surface area contributed by atoms with Gasteiger partial charge in [0.15, 0.2) is 0 Å². The molecule has 0 atom stereocenters. The highest BCUT2D eigenvalue weighted by atomic mass is 16.5. The zero-order valence-electron chi connectivity index (χ0n) is 7.66. The fourth-order valence-electron chi connectivity index (χ4n) is 1.68. The zero-order valence-corrected chi connectivity index (χ0v) is 7.66. The molecule has 1 fully saturated rings. The van der Waals surface area contributed by atoms with E-state index >= 15 is 0 Å². The Morgan fingerprint density at radius 3 is 2.46 bits per heavy atom. The van der Waals surface area contributed by atoms with Crippen LogP contribution in [0.5, 0.6) is 0 Å². The van der Waals surface area contributed by atoms with Gasteiger partial charge in [0.05, 0.1) is 12.2 Å². The van der Waals surface area contributed by atoms with Crippen molar-refractivity contribution in [3.05, 3.63) is 0 Å². The van der Waals surface area contributed by atoms with Crippen LogP contribution in [0.4, 0.5) is 0 Å². The van der Waals surface area contributed by atoms with Crippen LogP contribution in [0.15, 0.2) is 0 Å². The van der Waals surface area contributed by atoms with Crippen LogP contribution in [0.2, 0.25) is 0 Å². The molecule has 2 N–H and O–H groups in total. The first-order valence-corrected chi connectivity index (χ1v) is 4.64. The summed E-state index contributed by atoms with van der Waals surface area (Å²) in [5, 5.41) is 18.2. The van der Waals surface area contributed by atoms with Gasteiger partial charge in [-0.2, -0.15) is 0 Å². The van der Waals surface area contributed by atoms with Gasteiger partial charge in [0.1, 0.15) is 6.61 Å². The summed E-state index contributed by atoms with van der Waals surface area (Å²) in [5.74, 6) is -0.987. The molecule has 0 bridgehead atoms. The third-order valence-corrected chi connectivity index (χ3v) is 2.38. The summed E-state index contributed by atoms with van der Waals surface area (Å²) in [6.07, 6.45) is 4.63. The number of aliphatic carboxylic acids is 1. The Kier molecular flexibility index (Phi) is 3.69. The van der Waals surface area contributed by atoms with E-state index in [1.807, 2.05) is 0 Å². The number of aliphatic hydroxyl groups is 1. The third-order valence-electron chi connectivity index (χ3n) is 2.38. The molecule has 1 aliphatic rings. The molecule has 4 heteroatoms. The van der Waals surface area contributed by atoms with E-state index in [0.717, 1.165) is 32.1 Å². The quantitative estimate of drug-likeness (QED) is 0.684. The smallest absolute Gasteiger partial charge is 0.329 e. The monoisotopic (exact) mass is 188 g/mol. The van der Waals surface area contributed by atoms with Gasteiger partial charge >= 0.3 is 5.97 Å². The molecule has 0 aliphatic heterocycles. The lowest BCUT2D eigenvalue weighted by Crippen LogP contribution is -2.37. The Labute approximate surface area is 77.5 Å². The molecular formula is C9H16O4. The van der Waals surface area contributed by atoms with Gasteiger partial charge in [-0.3, -0.25) is 0 Å². The van der Waals surface area contributed by atoms with Crippen LogP contribution < -0.4 is 0 Å². The second kappa shape index (κ2) is 4.58. The molecule has 0 unspecified atom stereocenters. The van der Waals surface area contributed by atoms with Crippen molar-refractivity contribution in [3.63, 3.8) is 0 Å². The Morgan fingerprint density at radius 2 is 1.92 bits per heavy atom. The van der Waals surface area contributed by atoms with E-state index in [1.54, 1.807) is 0 Å². The highest BCUT2D eigenvalue weighted by Crippen LogP contribution is 2.27. The van der Waals surface area contributed by atoms with Crippen LogP contribution in [-0.4, -0.2) is 35.0 Å². The Morgan fingerprint density at radius 1 is 1.31 bits per heavy atom. The third kappa shape index (κ3) is 3.74. The normalized spacial score (nSPS) is 21.3. The summed E-state index contributed by atoms with van der Waals surface area (Å²) in [6.45, 7) is -0.165. The van der Waals surface area contributed by atoms with Crippen molar-refractivity contribution in [2.45, 2.75) is 37.7 Å². The highest BCUT2D eigenvalue weighted by Gasteiger charge is 2.29. The molecule has 0 aromatic rings. The first-order valence-electron chi connectivity index (χ1n) is 4.64. The van der Waals surface area contributed by atoms with Crippen LogP contribution in [0.3, 0.4) is 0 Å². The summed E-state index contributed by atoms with van der Waals surface area (Å²) in [6, 6.07) is 0. The first kappa shape index (κ1) is 10.5. The molecule has 0 radical (unpaired) electrons. The second-order valence-corrected chi connectivity index (χ2v) is 3.67. The Bertz CT molecular complexity index is 172. The minimum atomic E-state index is -0.987. The summed E-state index contributed by atoms with van der Waals surface area (Å²) >= 11 is 0. The van der Waals surface area contributed by atoms with Crippen molar-refractivity contribution in [3.8, 4) is 0 Å². The standard InChI is InChI=1S/C9H16O4/c10-8(11)6-13-7-9(12)4-2-1-3-5-9/h12H,1-7H2,(H,10,11). The maximum atomic E-state index is 10.1. The molecule has 4 nitrogen and oxygen atoms in total. The maximum Gasteiger partial charge on any atom is 0.329 e. The lowest BCUT2D eigenvalue weighted by Gasteiger charge is -2.31. The number of carboxylic acid groups (broad SMARTS) is 1. The summed E-state index contributed by atoms with van der Waals surface area (Å²) in [7, 11) is 0. The van der Waals surface area contributed by atoms with E-state index in [2.05, 4.69) is 0 Å². The molecule has 0 spiro atoms. The lowest BCUT2D eigenvalue weighted by atomic mass is 9.86. The van der Waals surface area contributed by atoms with Crippen LogP contribution in [0, 0.1) is 0 Å². The fourth-order valence-corrected chi connectivity index (χ4v) is 1.68. The minimum absolute atomic E-state index is 0.152. The van der Waals surface area contributed by atoms with E-state index in [-0.39, 0.29) is 13.2 Å². The number of hydrogen-bond donors (Lipinski definition) is 2. The van der Waals surface area contributed by atoms with E-state index < -0.39 is 11.6 Å². The van der Waals surface area contributed by atoms with Crippen LogP contribution >= 0.6 is 0 Å². The van der Waals surface area contributed by atoms with Crippen molar-refractivity contribution in [2.75, 3.05) is 13.2 Å². The summed E-state index contributed by atoms with van der Waals surface area (Å²) in [4.78, 5) is 10.1. The van der Waals surface area contributed by atoms with Gasteiger partial charge in [0.2, 0.25) is 0 Å². The fraction of sp³-hybridized carbons (Fsp3) is 0.889. The van der Waals surface area contributed by atoms with Crippen LogP contribution in [-0.2, 0) is 9.53 Å². The average Bonchev–Trinajstić information content (AvgIpc) is 2.04. The Balaban J connectivity index is 2.21. The Hall–Kier alpha value is -0.610. The van der Waals surface area contributed by atoms with Crippen molar-refractivity contribution in [2.24, 2.45) is 0 Å². The molecule has 0 amide bonds. The summed E-state index contributed by atoms with van der Waals surface area (Å²) < 4.78 is 4.89. The van der Waals surface area contributed by atoms with Gasteiger partial charge < -0.3 is 14.9 Å². The average molecular weight is 188 g/mol. The molecule has 0 saturated heterocycles. The van der Waals surface area contributed by atoms with E-state index in [9.17, 15) is 9.90 Å². The van der Waals surface area contributed by atoms with E-state index in [1.165, 1.54) is 0 Å². The molecule has 0 aromatic carbocycles. The SMILES string of the molecule is O=C(O)COCC1(O)CCCCC1. The number of ether oxygens (including phenoxy) is 1. The second-order valence-electron chi connectivity index (χ2n) is 3.67.